The van der Waals surface area contributed by atoms with Crippen LogP contribution >= 0.6 is 0 Å². The second-order valence-corrected chi connectivity index (χ2v) is 11.9. The lowest BCUT2D eigenvalue weighted by Gasteiger charge is -2.60. The molecule has 1 spiro atoms. The van der Waals surface area contributed by atoms with Crippen molar-refractivity contribution < 1.29 is 48.0 Å². The number of rotatable bonds is 8. The largest absolute Gasteiger partial charge is 0.508 e. The number of carbonyl (C=O) groups is 4. The first-order chi connectivity index (χ1) is 20.2. The van der Waals surface area contributed by atoms with E-state index in [1.165, 1.54) is 45.0 Å². The molecule has 8 atom stereocenters. The highest BCUT2D eigenvalue weighted by molar-refractivity contribution is 5.89. The molecule has 1 aliphatic heterocycles. The molecule has 232 valence electrons. The molecule has 1 aromatic rings. The molecule has 1 aromatic carbocycles. The van der Waals surface area contributed by atoms with E-state index in [9.17, 15) is 24.3 Å². The van der Waals surface area contributed by atoms with Gasteiger partial charge in [0.15, 0.2) is 0 Å². The maximum Gasteiger partial charge on any atom is 0.338 e. The van der Waals surface area contributed by atoms with Crippen molar-refractivity contribution in [2.45, 2.75) is 85.6 Å². The Morgan fingerprint density at radius 1 is 0.977 bits per heavy atom. The number of carbonyl (C=O) groups excluding carboxylic acids is 4. The van der Waals surface area contributed by atoms with Crippen LogP contribution in [-0.2, 0) is 38.1 Å². The Hall–Kier alpha value is -3.92. The standard InChI is InChI=1S/C33H40O10/c1-8-18(2)13-14-32(7)19(3)15-28(42-29(38)23-9-11-24(37)12-10-23)33-26(16-25(17-27(32)33)39-20(4)34)30(40-21(5)35)43-31(33)41-22(6)36/h8-13,16,19,25,27-28,30-31,37H,1,14-15,17H2,2-7H3/b18-13+/t19-,25-,27+,28+,30+,31+,32-,33+/m0/s1. The summed E-state index contributed by atoms with van der Waals surface area (Å²) in [4.78, 5) is 50.4. The van der Waals surface area contributed by atoms with Gasteiger partial charge in [-0.25, -0.2) is 4.79 Å². The van der Waals surface area contributed by atoms with Gasteiger partial charge in [0, 0.05) is 26.3 Å². The number of esters is 4. The van der Waals surface area contributed by atoms with Crippen LogP contribution in [0, 0.1) is 22.7 Å². The van der Waals surface area contributed by atoms with Crippen molar-refractivity contribution in [3.05, 3.63) is 65.8 Å². The molecule has 1 N–H and O–H groups in total. The quantitative estimate of drug-likeness (QED) is 0.186. The molecule has 1 saturated carbocycles. The molecule has 2 fully saturated rings. The van der Waals surface area contributed by atoms with Gasteiger partial charge in [-0.1, -0.05) is 38.2 Å². The second kappa shape index (κ2) is 12.4. The van der Waals surface area contributed by atoms with Crippen LogP contribution in [0.3, 0.4) is 0 Å². The van der Waals surface area contributed by atoms with Crippen LogP contribution in [0.4, 0.5) is 0 Å². The van der Waals surface area contributed by atoms with Crippen LogP contribution < -0.4 is 0 Å². The molecule has 0 bridgehead atoms. The van der Waals surface area contributed by atoms with Crippen LogP contribution in [0.25, 0.3) is 0 Å². The summed E-state index contributed by atoms with van der Waals surface area (Å²) in [5.74, 6) is -2.88. The van der Waals surface area contributed by atoms with Gasteiger partial charge in [-0.2, -0.15) is 0 Å². The van der Waals surface area contributed by atoms with Crippen LogP contribution in [0.2, 0.25) is 0 Å². The van der Waals surface area contributed by atoms with E-state index in [1.807, 2.05) is 6.92 Å². The molecular weight excluding hydrogens is 556 g/mol. The van der Waals surface area contributed by atoms with Crippen LogP contribution in [0.15, 0.2) is 60.2 Å². The lowest BCUT2D eigenvalue weighted by molar-refractivity contribution is -0.253. The van der Waals surface area contributed by atoms with Crippen molar-refractivity contribution in [3.63, 3.8) is 0 Å². The summed E-state index contributed by atoms with van der Waals surface area (Å²) in [5.41, 5.74) is -0.191. The van der Waals surface area contributed by atoms with E-state index >= 15 is 0 Å². The number of benzene rings is 1. The van der Waals surface area contributed by atoms with Gasteiger partial charge in [0.1, 0.15) is 23.4 Å². The average molecular weight is 597 g/mol. The topological polar surface area (TPSA) is 135 Å². The Balaban J connectivity index is 1.95. The van der Waals surface area contributed by atoms with Crippen LogP contribution in [0.5, 0.6) is 5.75 Å². The SMILES string of the molecule is C=C/C(C)=C/C[C@]1(C)[C@H]2C[C@@H](OC(C)=O)C=C3[C@H](OC(C)=O)O[C@@H](OC(C)=O)[C@]32[C@H](OC(=O)c2ccc(O)cc2)C[C@@H]1C. The fraction of sp³-hybridized carbons (Fsp3) is 0.515. The van der Waals surface area contributed by atoms with Gasteiger partial charge in [-0.05, 0) is 73.8 Å². The first kappa shape index (κ1) is 32.0. The second-order valence-electron chi connectivity index (χ2n) is 11.9. The minimum absolute atomic E-state index is 0.00233. The third kappa shape index (κ3) is 6.11. The van der Waals surface area contributed by atoms with Gasteiger partial charge in [0.05, 0.1) is 5.56 Å². The first-order valence-electron chi connectivity index (χ1n) is 14.4. The summed E-state index contributed by atoms with van der Waals surface area (Å²) < 4.78 is 29.6. The summed E-state index contributed by atoms with van der Waals surface area (Å²) in [5, 5.41) is 9.73. The van der Waals surface area contributed by atoms with Gasteiger partial charge < -0.3 is 24.1 Å². The smallest absolute Gasteiger partial charge is 0.338 e. The predicted octanol–water partition coefficient (Wildman–Crippen LogP) is 5.16. The third-order valence-electron chi connectivity index (χ3n) is 9.22. The number of phenols is 1. The van der Waals surface area contributed by atoms with E-state index in [0.29, 0.717) is 24.8 Å². The Morgan fingerprint density at radius 2 is 1.60 bits per heavy atom. The number of hydrogen-bond acceptors (Lipinski definition) is 10. The molecule has 3 aliphatic rings. The zero-order valence-electron chi connectivity index (χ0n) is 25.5. The summed E-state index contributed by atoms with van der Waals surface area (Å²) in [6, 6.07) is 5.69. The summed E-state index contributed by atoms with van der Waals surface area (Å²) in [6.45, 7) is 13.8. The molecule has 1 saturated heterocycles. The zero-order valence-corrected chi connectivity index (χ0v) is 25.5. The maximum absolute atomic E-state index is 13.6. The lowest BCUT2D eigenvalue weighted by atomic mass is 9.45. The molecule has 0 unspecified atom stereocenters. The van der Waals surface area contributed by atoms with Crippen molar-refractivity contribution in [2.24, 2.45) is 22.7 Å². The van der Waals surface area contributed by atoms with Crippen molar-refractivity contribution in [1.29, 1.82) is 0 Å². The number of aromatic hydroxyl groups is 1. The van der Waals surface area contributed by atoms with E-state index < -0.39 is 65.4 Å². The highest BCUT2D eigenvalue weighted by Crippen LogP contribution is 2.68. The molecular formula is C33H40O10. The zero-order chi connectivity index (χ0) is 31.7. The van der Waals surface area contributed by atoms with E-state index in [2.05, 4.69) is 26.5 Å². The Bertz CT molecular complexity index is 1340. The van der Waals surface area contributed by atoms with Crippen molar-refractivity contribution >= 4 is 23.9 Å². The maximum atomic E-state index is 13.6. The summed E-state index contributed by atoms with van der Waals surface area (Å²) in [7, 11) is 0. The van der Waals surface area contributed by atoms with Crippen molar-refractivity contribution in [3.8, 4) is 5.75 Å². The summed E-state index contributed by atoms with van der Waals surface area (Å²) in [6.07, 6.45) is 2.64. The molecule has 2 aliphatic carbocycles. The Labute approximate surface area is 251 Å². The van der Waals surface area contributed by atoms with Gasteiger partial charge in [-0.15, -0.1) is 0 Å². The average Bonchev–Trinajstić information content (AvgIpc) is 3.21. The number of hydrogen-bond donors (Lipinski definition) is 1. The lowest BCUT2D eigenvalue weighted by Crippen LogP contribution is -2.64. The molecule has 0 radical (unpaired) electrons. The minimum Gasteiger partial charge on any atom is -0.508 e. The van der Waals surface area contributed by atoms with Crippen LogP contribution in [0.1, 0.15) is 71.2 Å². The van der Waals surface area contributed by atoms with Crippen molar-refractivity contribution in [2.75, 3.05) is 0 Å². The normalized spacial score (nSPS) is 33.3. The van der Waals surface area contributed by atoms with Gasteiger partial charge in [0.2, 0.25) is 12.6 Å². The van der Waals surface area contributed by atoms with Gasteiger partial charge in [0.25, 0.3) is 0 Å². The number of allylic oxidation sites excluding steroid dienone is 3. The number of phenolic OH excluding ortho intramolecular Hbond substituents is 1. The molecule has 0 amide bonds. The highest BCUT2D eigenvalue weighted by Gasteiger charge is 2.72. The molecule has 43 heavy (non-hydrogen) atoms. The van der Waals surface area contributed by atoms with Crippen LogP contribution in [-0.4, -0.2) is 53.8 Å². The number of ether oxygens (including phenoxy) is 5. The van der Waals surface area contributed by atoms with Crippen molar-refractivity contribution in [1.82, 2.24) is 0 Å². The monoisotopic (exact) mass is 596 g/mol. The molecule has 10 heteroatoms. The van der Waals surface area contributed by atoms with Gasteiger partial charge in [-0.3, -0.25) is 19.1 Å². The molecule has 4 rings (SSSR count). The fourth-order valence-electron chi connectivity index (χ4n) is 6.99. The van der Waals surface area contributed by atoms with E-state index in [0.717, 1.165) is 5.57 Å². The Kier molecular flexibility index (Phi) is 9.20. The van der Waals surface area contributed by atoms with Gasteiger partial charge >= 0.3 is 23.9 Å². The summed E-state index contributed by atoms with van der Waals surface area (Å²) >= 11 is 0. The predicted molar refractivity (Wildman–Crippen MR) is 154 cm³/mol. The van der Waals surface area contributed by atoms with E-state index in [-0.39, 0.29) is 17.2 Å². The van der Waals surface area contributed by atoms with E-state index in [4.69, 9.17) is 23.7 Å². The fourth-order valence-corrected chi connectivity index (χ4v) is 6.99. The molecule has 0 aromatic heterocycles. The Morgan fingerprint density at radius 3 is 2.19 bits per heavy atom. The molecule has 10 nitrogen and oxygen atoms in total. The van der Waals surface area contributed by atoms with E-state index in [1.54, 1.807) is 12.2 Å². The molecule has 1 heterocycles. The highest BCUT2D eigenvalue weighted by atomic mass is 16.8. The third-order valence-corrected chi connectivity index (χ3v) is 9.22. The minimum atomic E-state index is -1.29. The first-order valence-corrected chi connectivity index (χ1v) is 14.4.